The monoisotopic (exact) mass is 178 g/mol. The zero-order chi connectivity index (χ0) is 9.26. The SMILES string of the molecule is NNC(=O)C1COc2ccccc21. The first-order chi connectivity index (χ1) is 6.33. The van der Waals surface area contributed by atoms with Crippen LogP contribution in [0.25, 0.3) is 0 Å². The molecule has 0 radical (unpaired) electrons. The average molecular weight is 178 g/mol. The zero-order valence-electron chi connectivity index (χ0n) is 6.99. The van der Waals surface area contributed by atoms with E-state index in [4.69, 9.17) is 10.6 Å². The Morgan fingerprint density at radius 2 is 2.31 bits per heavy atom. The summed E-state index contributed by atoms with van der Waals surface area (Å²) >= 11 is 0. The molecule has 2 rings (SSSR count). The van der Waals surface area contributed by atoms with E-state index in [2.05, 4.69) is 5.43 Å². The second kappa shape index (κ2) is 3.06. The molecular formula is C9H10N2O2. The van der Waals surface area contributed by atoms with Crippen LogP contribution in [0.15, 0.2) is 24.3 Å². The van der Waals surface area contributed by atoms with Gasteiger partial charge >= 0.3 is 0 Å². The van der Waals surface area contributed by atoms with Crippen LogP contribution in [0.4, 0.5) is 0 Å². The van der Waals surface area contributed by atoms with E-state index < -0.39 is 0 Å². The molecule has 0 bridgehead atoms. The third-order valence-electron chi connectivity index (χ3n) is 2.16. The first-order valence-electron chi connectivity index (χ1n) is 4.05. The van der Waals surface area contributed by atoms with Crippen molar-refractivity contribution in [3.8, 4) is 5.75 Å². The third-order valence-corrected chi connectivity index (χ3v) is 2.16. The highest BCUT2D eigenvalue weighted by atomic mass is 16.5. The van der Waals surface area contributed by atoms with Gasteiger partial charge in [-0.15, -0.1) is 0 Å². The van der Waals surface area contributed by atoms with Crippen molar-refractivity contribution >= 4 is 5.91 Å². The van der Waals surface area contributed by atoms with Gasteiger partial charge in [0.1, 0.15) is 18.3 Å². The van der Waals surface area contributed by atoms with Crippen LogP contribution in [-0.2, 0) is 4.79 Å². The minimum Gasteiger partial charge on any atom is -0.492 e. The number of amides is 1. The maximum absolute atomic E-state index is 11.3. The van der Waals surface area contributed by atoms with Crippen molar-refractivity contribution < 1.29 is 9.53 Å². The summed E-state index contributed by atoms with van der Waals surface area (Å²) < 4.78 is 5.32. The number of nitrogens with two attached hydrogens (primary N) is 1. The number of fused-ring (bicyclic) bond motifs is 1. The fourth-order valence-electron chi connectivity index (χ4n) is 1.48. The first-order valence-corrected chi connectivity index (χ1v) is 4.05. The van der Waals surface area contributed by atoms with Crippen molar-refractivity contribution in [3.05, 3.63) is 29.8 Å². The molecule has 1 atom stereocenters. The van der Waals surface area contributed by atoms with E-state index >= 15 is 0 Å². The van der Waals surface area contributed by atoms with E-state index in [1.165, 1.54) is 0 Å². The van der Waals surface area contributed by atoms with Gasteiger partial charge in [0.25, 0.3) is 0 Å². The Morgan fingerprint density at radius 1 is 1.54 bits per heavy atom. The Labute approximate surface area is 75.7 Å². The molecule has 0 saturated carbocycles. The van der Waals surface area contributed by atoms with Crippen LogP contribution >= 0.6 is 0 Å². The van der Waals surface area contributed by atoms with Crippen molar-refractivity contribution in [2.45, 2.75) is 5.92 Å². The number of ether oxygens (including phenoxy) is 1. The number of hydrogen-bond donors (Lipinski definition) is 2. The summed E-state index contributed by atoms with van der Waals surface area (Å²) in [4.78, 5) is 11.3. The van der Waals surface area contributed by atoms with Gasteiger partial charge in [0, 0.05) is 5.56 Å². The second-order valence-electron chi connectivity index (χ2n) is 2.91. The molecule has 4 nitrogen and oxygen atoms in total. The predicted molar refractivity (Wildman–Crippen MR) is 47.0 cm³/mol. The van der Waals surface area contributed by atoms with Crippen molar-refractivity contribution in [1.82, 2.24) is 5.43 Å². The van der Waals surface area contributed by atoms with Crippen LogP contribution in [0.2, 0.25) is 0 Å². The predicted octanol–water partition coefficient (Wildman–Crippen LogP) is 0.152. The first kappa shape index (κ1) is 8.07. The largest absolute Gasteiger partial charge is 0.492 e. The van der Waals surface area contributed by atoms with Gasteiger partial charge < -0.3 is 4.74 Å². The molecule has 13 heavy (non-hydrogen) atoms. The number of hydrazine groups is 1. The molecule has 1 aromatic rings. The summed E-state index contributed by atoms with van der Waals surface area (Å²) in [5, 5.41) is 0. The van der Waals surface area contributed by atoms with E-state index in [1.807, 2.05) is 24.3 Å². The molecule has 0 aromatic heterocycles. The maximum Gasteiger partial charge on any atom is 0.245 e. The van der Waals surface area contributed by atoms with Crippen LogP contribution in [0.3, 0.4) is 0 Å². The van der Waals surface area contributed by atoms with Crippen molar-refractivity contribution in [1.29, 1.82) is 0 Å². The number of hydrogen-bond acceptors (Lipinski definition) is 3. The molecule has 3 N–H and O–H groups in total. The number of carbonyl (C=O) groups excluding carboxylic acids is 1. The molecular weight excluding hydrogens is 168 g/mol. The molecule has 0 saturated heterocycles. The highest BCUT2D eigenvalue weighted by Gasteiger charge is 2.29. The molecule has 1 heterocycles. The molecule has 1 unspecified atom stereocenters. The second-order valence-corrected chi connectivity index (χ2v) is 2.91. The summed E-state index contributed by atoms with van der Waals surface area (Å²) in [5.41, 5.74) is 3.04. The summed E-state index contributed by atoms with van der Waals surface area (Å²) in [6.07, 6.45) is 0. The Bertz CT molecular complexity index is 338. The highest BCUT2D eigenvalue weighted by molar-refractivity contribution is 5.84. The molecule has 0 fully saturated rings. The molecule has 68 valence electrons. The Morgan fingerprint density at radius 3 is 3.08 bits per heavy atom. The Balaban J connectivity index is 2.33. The number of rotatable bonds is 1. The lowest BCUT2D eigenvalue weighted by atomic mass is 10.0. The Hall–Kier alpha value is -1.55. The lowest BCUT2D eigenvalue weighted by Crippen LogP contribution is -2.35. The topological polar surface area (TPSA) is 64.3 Å². The summed E-state index contributed by atoms with van der Waals surface area (Å²) in [5.74, 6) is 5.36. The number of benzene rings is 1. The smallest absolute Gasteiger partial charge is 0.245 e. The lowest BCUT2D eigenvalue weighted by Gasteiger charge is -2.05. The quantitative estimate of drug-likeness (QED) is 0.365. The normalized spacial score (nSPS) is 19.0. The van der Waals surface area contributed by atoms with Gasteiger partial charge in [-0.05, 0) is 6.07 Å². The number of para-hydroxylation sites is 1. The summed E-state index contributed by atoms with van der Waals surface area (Å²) in [7, 11) is 0. The standard InChI is InChI=1S/C9H10N2O2/c10-11-9(12)7-5-13-8-4-2-1-3-6(7)8/h1-4,7H,5,10H2,(H,11,12). The van der Waals surface area contributed by atoms with Gasteiger partial charge in [0.15, 0.2) is 0 Å². The van der Waals surface area contributed by atoms with Gasteiger partial charge in [-0.3, -0.25) is 10.2 Å². The third kappa shape index (κ3) is 1.25. The number of carbonyl (C=O) groups is 1. The van der Waals surface area contributed by atoms with Gasteiger partial charge in [-0.2, -0.15) is 0 Å². The average Bonchev–Trinajstić information content (AvgIpc) is 2.60. The number of nitrogens with one attached hydrogen (secondary N) is 1. The van der Waals surface area contributed by atoms with Gasteiger partial charge in [0.2, 0.25) is 5.91 Å². The van der Waals surface area contributed by atoms with Crippen molar-refractivity contribution in [3.63, 3.8) is 0 Å². The molecule has 0 spiro atoms. The fraction of sp³-hybridized carbons (Fsp3) is 0.222. The molecule has 1 aromatic carbocycles. The molecule has 1 amide bonds. The molecule has 1 aliphatic rings. The summed E-state index contributed by atoms with van der Waals surface area (Å²) in [6, 6.07) is 7.48. The van der Waals surface area contributed by atoms with Crippen LogP contribution in [0, 0.1) is 0 Å². The van der Waals surface area contributed by atoms with Gasteiger partial charge in [-0.25, -0.2) is 5.84 Å². The minimum atomic E-state index is -0.263. The van der Waals surface area contributed by atoms with E-state index in [9.17, 15) is 4.79 Å². The Kier molecular flexibility index (Phi) is 1.90. The van der Waals surface area contributed by atoms with Gasteiger partial charge in [-0.1, -0.05) is 18.2 Å². The molecule has 0 aliphatic carbocycles. The van der Waals surface area contributed by atoms with Crippen LogP contribution in [0.1, 0.15) is 11.5 Å². The summed E-state index contributed by atoms with van der Waals surface area (Å²) in [6.45, 7) is 0.377. The van der Waals surface area contributed by atoms with Crippen LogP contribution < -0.4 is 16.0 Å². The maximum atomic E-state index is 11.3. The highest BCUT2D eigenvalue weighted by Crippen LogP contribution is 2.33. The van der Waals surface area contributed by atoms with Crippen LogP contribution in [-0.4, -0.2) is 12.5 Å². The zero-order valence-corrected chi connectivity index (χ0v) is 6.99. The van der Waals surface area contributed by atoms with E-state index in [1.54, 1.807) is 0 Å². The lowest BCUT2D eigenvalue weighted by molar-refractivity contribution is -0.122. The van der Waals surface area contributed by atoms with Crippen LogP contribution in [0.5, 0.6) is 5.75 Å². The van der Waals surface area contributed by atoms with E-state index in [0.717, 1.165) is 11.3 Å². The van der Waals surface area contributed by atoms with E-state index in [0.29, 0.717) is 6.61 Å². The van der Waals surface area contributed by atoms with E-state index in [-0.39, 0.29) is 11.8 Å². The fourth-order valence-corrected chi connectivity index (χ4v) is 1.48. The van der Waals surface area contributed by atoms with Crippen molar-refractivity contribution in [2.75, 3.05) is 6.61 Å². The molecule has 4 heteroatoms. The van der Waals surface area contributed by atoms with Crippen molar-refractivity contribution in [2.24, 2.45) is 5.84 Å². The molecule has 1 aliphatic heterocycles. The van der Waals surface area contributed by atoms with Gasteiger partial charge in [0.05, 0.1) is 0 Å². The minimum absolute atomic E-state index is 0.204.